The molecule has 94 valence electrons. The average molecular weight is 301 g/mol. The Labute approximate surface area is 109 Å². The molecule has 1 amide bonds. The maximum Gasteiger partial charge on any atom is 0.253 e. The molecule has 1 atom stereocenters. The summed E-state index contributed by atoms with van der Waals surface area (Å²) >= 11 is 3.28. The Morgan fingerprint density at radius 2 is 2.18 bits per heavy atom. The van der Waals surface area contributed by atoms with Crippen LogP contribution in [0.1, 0.15) is 24.2 Å². The summed E-state index contributed by atoms with van der Waals surface area (Å²) in [5, 5.41) is 11.9. The lowest BCUT2D eigenvalue weighted by Gasteiger charge is -2.20. The molecule has 0 aliphatic carbocycles. The van der Waals surface area contributed by atoms with Crippen LogP contribution in [-0.2, 0) is 0 Å². The van der Waals surface area contributed by atoms with Crippen LogP contribution in [0.3, 0.4) is 0 Å². The number of aliphatic hydroxyl groups excluding tert-OH is 1. The first kappa shape index (κ1) is 14.0. The molecule has 0 aliphatic heterocycles. The molecule has 0 saturated carbocycles. The minimum absolute atomic E-state index is 0.0835. The van der Waals surface area contributed by atoms with Crippen molar-refractivity contribution >= 4 is 27.5 Å². The second kappa shape index (κ2) is 6.02. The number of hydrogen-bond donors (Lipinski definition) is 3. The third-order valence-corrected chi connectivity index (χ3v) is 3.07. The summed E-state index contributed by atoms with van der Waals surface area (Å²) in [6.45, 7) is 3.79. The number of halogens is 1. The van der Waals surface area contributed by atoms with Crippen LogP contribution in [0.15, 0.2) is 22.7 Å². The SMILES string of the molecule is CC(C)C(CO)NC(=O)c1ccc(Br)cc1N. The van der Waals surface area contributed by atoms with Gasteiger partial charge in [-0.1, -0.05) is 29.8 Å². The second-order valence-corrected chi connectivity index (χ2v) is 5.15. The van der Waals surface area contributed by atoms with Crippen molar-refractivity contribution in [2.75, 3.05) is 12.3 Å². The van der Waals surface area contributed by atoms with E-state index in [0.717, 1.165) is 4.47 Å². The van der Waals surface area contributed by atoms with Gasteiger partial charge in [0.25, 0.3) is 5.91 Å². The Bertz CT molecular complexity index is 407. The lowest BCUT2D eigenvalue weighted by Crippen LogP contribution is -2.41. The highest BCUT2D eigenvalue weighted by Gasteiger charge is 2.17. The second-order valence-electron chi connectivity index (χ2n) is 4.24. The first-order valence-electron chi connectivity index (χ1n) is 5.42. The van der Waals surface area contributed by atoms with Crippen LogP contribution in [0.25, 0.3) is 0 Å². The fourth-order valence-electron chi connectivity index (χ4n) is 1.41. The van der Waals surface area contributed by atoms with Crippen molar-refractivity contribution in [3.63, 3.8) is 0 Å². The highest BCUT2D eigenvalue weighted by Crippen LogP contribution is 2.18. The fraction of sp³-hybridized carbons (Fsp3) is 0.417. The van der Waals surface area contributed by atoms with Crippen molar-refractivity contribution in [1.82, 2.24) is 5.32 Å². The molecule has 1 aromatic carbocycles. The molecular weight excluding hydrogens is 284 g/mol. The van der Waals surface area contributed by atoms with Crippen LogP contribution in [-0.4, -0.2) is 23.7 Å². The number of carbonyl (C=O) groups excluding carboxylic acids is 1. The molecule has 0 fully saturated rings. The van der Waals surface area contributed by atoms with Crippen LogP contribution in [0, 0.1) is 5.92 Å². The van der Waals surface area contributed by atoms with Gasteiger partial charge in [0.05, 0.1) is 18.2 Å². The summed E-state index contributed by atoms with van der Waals surface area (Å²) in [7, 11) is 0. The van der Waals surface area contributed by atoms with Crippen molar-refractivity contribution in [2.45, 2.75) is 19.9 Å². The molecule has 17 heavy (non-hydrogen) atoms. The van der Waals surface area contributed by atoms with E-state index >= 15 is 0 Å². The van der Waals surface area contributed by atoms with Gasteiger partial charge in [-0.15, -0.1) is 0 Å². The van der Waals surface area contributed by atoms with E-state index in [2.05, 4.69) is 21.2 Å². The maximum atomic E-state index is 11.9. The Balaban J connectivity index is 2.82. The van der Waals surface area contributed by atoms with Gasteiger partial charge in [0, 0.05) is 10.2 Å². The summed E-state index contributed by atoms with van der Waals surface area (Å²) in [5.74, 6) is -0.0941. The number of amides is 1. The Morgan fingerprint density at radius 3 is 2.65 bits per heavy atom. The molecule has 5 heteroatoms. The van der Waals surface area contributed by atoms with E-state index in [0.29, 0.717) is 11.3 Å². The van der Waals surface area contributed by atoms with Crippen molar-refractivity contribution < 1.29 is 9.90 Å². The third-order valence-electron chi connectivity index (χ3n) is 2.58. The number of aliphatic hydroxyl groups is 1. The van der Waals surface area contributed by atoms with E-state index in [-0.39, 0.29) is 24.5 Å². The number of rotatable bonds is 4. The van der Waals surface area contributed by atoms with Crippen molar-refractivity contribution in [2.24, 2.45) is 5.92 Å². The highest BCUT2D eigenvalue weighted by atomic mass is 79.9. The van der Waals surface area contributed by atoms with Gasteiger partial charge in [-0.2, -0.15) is 0 Å². The summed E-state index contributed by atoms with van der Waals surface area (Å²) in [6.07, 6.45) is 0. The molecule has 0 spiro atoms. The molecular formula is C12H17BrN2O2. The monoisotopic (exact) mass is 300 g/mol. The molecule has 0 aliphatic rings. The minimum Gasteiger partial charge on any atom is -0.398 e. The lowest BCUT2D eigenvalue weighted by atomic mass is 10.0. The van der Waals surface area contributed by atoms with Gasteiger partial charge in [0.2, 0.25) is 0 Å². The van der Waals surface area contributed by atoms with Crippen LogP contribution < -0.4 is 11.1 Å². The first-order valence-corrected chi connectivity index (χ1v) is 6.21. The molecule has 1 unspecified atom stereocenters. The number of nitrogens with one attached hydrogen (secondary N) is 1. The number of nitrogen functional groups attached to an aromatic ring is 1. The quantitative estimate of drug-likeness (QED) is 0.742. The van der Waals surface area contributed by atoms with Gasteiger partial charge >= 0.3 is 0 Å². The van der Waals surface area contributed by atoms with Crippen molar-refractivity contribution in [3.8, 4) is 0 Å². The molecule has 0 saturated heterocycles. The van der Waals surface area contributed by atoms with E-state index in [9.17, 15) is 4.79 Å². The molecule has 1 aromatic rings. The van der Waals surface area contributed by atoms with E-state index in [1.54, 1.807) is 18.2 Å². The smallest absolute Gasteiger partial charge is 0.253 e. The topological polar surface area (TPSA) is 75.3 Å². The van der Waals surface area contributed by atoms with Crippen LogP contribution >= 0.6 is 15.9 Å². The zero-order valence-electron chi connectivity index (χ0n) is 9.90. The number of benzene rings is 1. The van der Waals surface area contributed by atoms with E-state index in [1.807, 2.05) is 13.8 Å². The number of nitrogens with two attached hydrogens (primary N) is 1. The predicted molar refractivity (Wildman–Crippen MR) is 71.7 cm³/mol. The highest BCUT2D eigenvalue weighted by molar-refractivity contribution is 9.10. The van der Waals surface area contributed by atoms with E-state index in [4.69, 9.17) is 10.8 Å². The van der Waals surface area contributed by atoms with Gasteiger partial charge in [-0.25, -0.2) is 0 Å². The summed E-state index contributed by atoms with van der Waals surface area (Å²) in [6, 6.07) is 4.83. The van der Waals surface area contributed by atoms with Gasteiger partial charge in [0.1, 0.15) is 0 Å². The Hall–Kier alpha value is -1.07. The summed E-state index contributed by atoms with van der Waals surface area (Å²) in [4.78, 5) is 11.9. The zero-order valence-corrected chi connectivity index (χ0v) is 11.5. The van der Waals surface area contributed by atoms with E-state index < -0.39 is 0 Å². The summed E-state index contributed by atoms with van der Waals surface area (Å²) in [5.41, 5.74) is 6.60. The van der Waals surface area contributed by atoms with E-state index in [1.165, 1.54) is 0 Å². The van der Waals surface area contributed by atoms with Crippen molar-refractivity contribution in [1.29, 1.82) is 0 Å². The standard InChI is InChI=1S/C12H17BrN2O2/c1-7(2)11(6-16)15-12(17)9-4-3-8(13)5-10(9)14/h3-5,7,11,16H,6,14H2,1-2H3,(H,15,17). The van der Waals surface area contributed by atoms with Crippen molar-refractivity contribution in [3.05, 3.63) is 28.2 Å². The molecule has 4 N–H and O–H groups in total. The number of anilines is 1. The van der Waals surface area contributed by atoms with Crippen LogP contribution in [0.2, 0.25) is 0 Å². The first-order chi connectivity index (χ1) is 7.95. The minimum atomic E-state index is -0.261. The lowest BCUT2D eigenvalue weighted by molar-refractivity contribution is 0.0898. The van der Waals surface area contributed by atoms with Crippen LogP contribution in [0.4, 0.5) is 5.69 Å². The molecule has 0 radical (unpaired) electrons. The third kappa shape index (κ3) is 3.71. The molecule has 0 bridgehead atoms. The van der Waals surface area contributed by atoms with Crippen LogP contribution in [0.5, 0.6) is 0 Å². The average Bonchev–Trinajstić information content (AvgIpc) is 2.24. The largest absolute Gasteiger partial charge is 0.398 e. The molecule has 0 heterocycles. The number of hydrogen-bond acceptors (Lipinski definition) is 3. The normalized spacial score (nSPS) is 12.5. The van der Waals surface area contributed by atoms with Gasteiger partial charge in [0.15, 0.2) is 0 Å². The van der Waals surface area contributed by atoms with Gasteiger partial charge in [-0.05, 0) is 24.1 Å². The molecule has 0 aromatic heterocycles. The maximum absolute atomic E-state index is 11.9. The Kier molecular flexibility index (Phi) is 4.96. The predicted octanol–water partition coefficient (Wildman–Crippen LogP) is 1.78. The Morgan fingerprint density at radius 1 is 1.53 bits per heavy atom. The van der Waals surface area contributed by atoms with Gasteiger partial charge < -0.3 is 16.2 Å². The van der Waals surface area contributed by atoms with Gasteiger partial charge in [-0.3, -0.25) is 4.79 Å². The fourth-order valence-corrected chi connectivity index (χ4v) is 1.79. The number of carbonyl (C=O) groups is 1. The molecule has 1 rings (SSSR count). The molecule has 4 nitrogen and oxygen atoms in total. The zero-order chi connectivity index (χ0) is 13.0. The summed E-state index contributed by atoms with van der Waals surface area (Å²) < 4.78 is 0.828.